The molecule has 0 radical (unpaired) electrons. The highest BCUT2D eigenvalue weighted by Crippen LogP contribution is 2.62. The Morgan fingerprint density at radius 3 is 1.59 bits per heavy atom. The summed E-state index contributed by atoms with van der Waals surface area (Å²) in [6.45, 7) is 4.20. The molecule has 0 amide bonds. The molecule has 34 heavy (non-hydrogen) atoms. The van der Waals surface area contributed by atoms with E-state index in [2.05, 4.69) is 0 Å². The Hall–Kier alpha value is -2.79. The van der Waals surface area contributed by atoms with Crippen LogP contribution < -0.4 is 18.9 Å². The maximum absolute atomic E-state index is 14.9. The molecular weight excluding hydrogens is 455 g/mol. The largest absolute Gasteiger partial charge is 0.496 e. The molecule has 0 aliphatic heterocycles. The zero-order valence-corrected chi connectivity index (χ0v) is 21.2. The van der Waals surface area contributed by atoms with Gasteiger partial charge in [-0.25, -0.2) is 0 Å². The summed E-state index contributed by atoms with van der Waals surface area (Å²) in [5.41, 5.74) is -1.96. The van der Waals surface area contributed by atoms with E-state index in [1.54, 1.807) is 50.2 Å². The zero-order chi connectivity index (χ0) is 24.7. The van der Waals surface area contributed by atoms with Crippen molar-refractivity contribution in [3.63, 3.8) is 0 Å². The van der Waals surface area contributed by atoms with Crippen molar-refractivity contribution >= 4 is 18.2 Å². The number of hydrogen-bond donors (Lipinski definition) is 0. The molecule has 0 N–H and O–H groups in total. The predicted octanol–water partition coefficient (Wildman–Crippen LogP) is 6.18. The molecule has 0 aromatic heterocycles. The summed E-state index contributed by atoms with van der Waals surface area (Å²) in [6, 6.07) is 9.87. The van der Waals surface area contributed by atoms with Crippen molar-refractivity contribution in [3.8, 4) is 23.0 Å². The van der Waals surface area contributed by atoms with Crippen LogP contribution in [0, 0.1) is 0 Å². The molecule has 1 fully saturated rings. The smallest absolute Gasteiger partial charge is 0.236 e. The molecule has 1 aliphatic rings. The Bertz CT molecular complexity index is 1030. The fourth-order valence-electron chi connectivity index (χ4n) is 4.54. The number of carbonyl (C=O) groups excluding carboxylic acids is 2. The average molecular weight is 489 g/mol. The fraction of sp³-hybridized carbons (Fsp3) is 0.462. The van der Waals surface area contributed by atoms with Crippen LogP contribution >= 0.6 is 7.14 Å². The molecule has 7 nitrogen and oxygen atoms in total. The number of hydrogen-bond acceptors (Lipinski definition) is 7. The van der Waals surface area contributed by atoms with Crippen LogP contribution in [-0.2, 0) is 4.57 Å². The third-order valence-corrected chi connectivity index (χ3v) is 9.33. The molecular formula is C26H33O7P. The van der Waals surface area contributed by atoms with Crippen LogP contribution in [0.25, 0.3) is 0 Å². The van der Waals surface area contributed by atoms with Crippen LogP contribution in [0.3, 0.4) is 0 Å². The summed E-state index contributed by atoms with van der Waals surface area (Å²) in [6.07, 6.45) is 3.67. The second-order valence-corrected chi connectivity index (χ2v) is 11.0. The molecule has 8 heteroatoms. The molecule has 1 aliphatic carbocycles. The molecule has 1 unspecified atom stereocenters. The first kappa shape index (κ1) is 25.8. The molecule has 0 heterocycles. The van der Waals surface area contributed by atoms with Crippen molar-refractivity contribution in [1.82, 2.24) is 0 Å². The Morgan fingerprint density at radius 2 is 1.18 bits per heavy atom. The van der Waals surface area contributed by atoms with Gasteiger partial charge < -0.3 is 23.5 Å². The van der Waals surface area contributed by atoms with Crippen LogP contribution in [-0.4, -0.2) is 44.1 Å². The SMILES string of the molecule is CCOc1cccc(OCC)c1C(=O)P(=O)(C(=O)c1c(OC)cccc1OC)C1CCCCC1. The van der Waals surface area contributed by atoms with E-state index >= 15 is 0 Å². The van der Waals surface area contributed by atoms with Gasteiger partial charge in [-0.05, 0) is 51.0 Å². The van der Waals surface area contributed by atoms with Gasteiger partial charge in [-0.1, -0.05) is 31.4 Å². The van der Waals surface area contributed by atoms with E-state index in [1.165, 1.54) is 14.2 Å². The van der Waals surface area contributed by atoms with E-state index in [1.807, 2.05) is 0 Å². The standard InChI is InChI=1S/C26H33O7P/c1-5-32-21-16-11-17-22(33-6-2)24(21)26(28)34(29,18-12-8-7-9-13-18)25(27)23-19(30-3)14-10-15-20(23)31-4/h10-11,14-18H,5-9,12-13H2,1-4H3. The summed E-state index contributed by atoms with van der Waals surface area (Å²) in [7, 11) is -1.35. The number of ether oxygens (including phenoxy) is 4. The van der Waals surface area contributed by atoms with E-state index in [9.17, 15) is 14.2 Å². The third-order valence-electron chi connectivity index (χ3n) is 6.14. The van der Waals surface area contributed by atoms with Crippen LogP contribution in [0.5, 0.6) is 23.0 Å². The number of rotatable bonds is 11. The third kappa shape index (κ3) is 4.85. The molecule has 3 rings (SSSR count). The maximum atomic E-state index is 14.9. The van der Waals surface area contributed by atoms with Crippen molar-refractivity contribution in [2.24, 2.45) is 0 Å². The van der Waals surface area contributed by atoms with Gasteiger partial charge in [0, 0.05) is 5.66 Å². The van der Waals surface area contributed by atoms with Crippen LogP contribution in [0.2, 0.25) is 0 Å². The molecule has 0 saturated heterocycles. The summed E-state index contributed by atoms with van der Waals surface area (Å²) < 4.78 is 37.2. The Kier molecular flexibility index (Phi) is 8.78. The quantitative estimate of drug-likeness (QED) is 0.349. The highest BCUT2D eigenvalue weighted by molar-refractivity contribution is 7.96. The summed E-state index contributed by atoms with van der Waals surface area (Å²) in [5.74, 6) is 0.955. The summed E-state index contributed by atoms with van der Waals surface area (Å²) in [5, 5.41) is 0. The lowest BCUT2D eigenvalue weighted by Gasteiger charge is -2.30. The first-order valence-corrected chi connectivity index (χ1v) is 13.5. The van der Waals surface area contributed by atoms with Crippen molar-refractivity contribution in [2.45, 2.75) is 51.6 Å². The Balaban J connectivity index is 2.26. The minimum Gasteiger partial charge on any atom is -0.496 e. The Morgan fingerprint density at radius 1 is 0.765 bits per heavy atom. The lowest BCUT2D eigenvalue weighted by Crippen LogP contribution is -2.25. The van der Waals surface area contributed by atoms with Crippen molar-refractivity contribution in [3.05, 3.63) is 47.5 Å². The second-order valence-electron chi connectivity index (χ2n) is 8.09. The van der Waals surface area contributed by atoms with Gasteiger partial charge in [0.15, 0.2) is 0 Å². The normalized spacial score (nSPS) is 15.8. The van der Waals surface area contributed by atoms with Crippen LogP contribution in [0.4, 0.5) is 0 Å². The number of carbonyl (C=O) groups is 2. The van der Waals surface area contributed by atoms with Crippen LogP contribution in [0.1, 0.15) is 66.7 Å². The second kappa shape index (κ2) is 11.6. The molecule has 1 saturated carbocycles. The summed E-state index contributed by atoms with van der Waals surface area (Å²) >= 11 is 0. The molecule has 2 aromatic carbocycles. The predicted molar refractivity (Wildman–Crippen MR) is 131 cm³/mol. The van der Waals surface area contributed by atoms with Gasteiger partial charge >= 0.3 is 0 Å². The van der Waals surface area contributed by atoms with E-state index in [0.717, 1.165) is 19.3 Å². The molecule has 184 valence electrons. The molecule has 1 atom stereocenters. The first-order valence-electron chi connectivity index (χ1n) is 11.7. The van der Waals surface area contributed by atoms with Crippen molar-refractivity contribution < 1.29 is 33.1 Å². The van der Waals surface area contributed by atoms with Gasteiger partial charge in [0.05, 0.1) is 27.4 Å². The Labute approximate surface area is 201 Å². The van der Waals surface area contributed by atoms with Gasteiger partial charge in [0.1, 0.15) is 34.1 Å². The van der Waals surface area contributed by atoms with E-state index in [4.69, 9.17) is 18.9 Å². The lowest BCUT2D eigenvalue weighted by atomic mass is 10.0. The highest BCUT2D eigenvalue weighted by Gasteiger charge is 2.50. The van der Waals surface area contributed by atoms with Gasteiger partial charge in [-0.15, -0.1) is 0 Å². The number of methoxy groups -OCH3 is 2. The fourth-order valence-corrected chi connectivity index (χ4v) is 7.58. The van der Waals surface area contributed by atoms with Gasteiger partial charge in [0.2, 0.25) is 18.2 Å². The molecule has 0 spiro atoms. The van der Waals surface area contributed by atoms with Crippen molar-refractivity contribution in [2.75, 3.05) is 27.4 Å². The summed E-state index contributed by atoms with van der Waals surface area (Å²) in [4.78, 5) is 28.4. The van der Waals surface area contributed by atoms with E-state index < -0.39 is 23.8 Å². The molecule has 0 bridgehead atoms. The van der Waals surface area contributed by atoms with E-state index in [-0.39, 0.29) is 34.1 Å². The topological polar surface area (TPSA) is 88.1 Å². The minimum atomic E-state index is -4.20. The maximum Gasteiger partial charge on any atom is 0.236 e. The average Bonchev–Trinajstić information content (AvgIpc) is 2.88. The van der Waals surface area contributed by atoms with Gasteiger partial charge in [-0.3, -0.25) is 9.59 Å². The highest BCUT2D eigenvalue weighted by atomic mass is 31.2. The monoisotopic (exact) mass is 488 g/mol. The number of benzene rings is 2. The van der Waals surface area contributed by atoms with Gasteiger partial charge in [-0.2, -0.15) is 0 Å². The van der Waals surface area contributed by atoms with Crippen LogP contribution in [0.15, 0.2) is 36.4 Å². The lowest BCUT2D eigenvalue weighted by molar-refractivity contribution is 0.102. The van der Waals surface area contributed by atoms with Crippen molar-refractivity contribution in [1.29, 1.82) is 0 Å². The minimum absolute atomic E-state index is 0.0293. The zero-order valence-electron chi connectivity index (χ0n) is 20.3. The van der Waals surface area contributed by atoms with Gasteiger partial charge in [0.25, 0.3) is 0 Å². The first-order chi connectivity index (χ1) is 16.4. The van der Waals surface area contributed by atoms with E-state index in [0.29, 0.717) is 26.1 Å². The molecule has 2 aromatic rings.